The molecule has 10 nitrogen and oxygen atoms in total. The monoisotopic (exact) mass is 568 g/mol. The van der Waals surface area contributed by atoms with Gasteiger partial charge in [0.2, 0.25) is 15.9 Å². The van der Waals surface area contributed by atoms with E-state index in [4.69, 9.17) is 4.74 Å². The molecule has 3 aromatic rings. The number of carbonyl (C=O) groups excluding carboxylic acids is 2. The zero-order chi connectivity index (χ0) is 29.0. The molecule has 0 aliphatic carbocycles. The predicted octanol–water partition coefficient (Wildman–Crippen LogP) is 3.52. The molecule has 3 N–H and O–H groups in total. The molecule has 0 saturated carbocycles. The molecule has 4 rings (SSSR count). The van der Waals surface area contributed by atoms with E-state index in [2.05, 4.69) is 10.6 Å². The van der Waals surface area contributed by atoms with Gasteiger partial charge >= 0.3 is 6.03 Å². The lowest BCUT2D eigenvalue weighted by Gasteiger charge is -2.33. The van der Waals surface area contributed by atoms with E-state index in [1.165, 1.54) is 11.4 Å². The van der Waals surface area contributed by atoms with Gasteiger partial charge in [-0.1, -0.05) is 43.3 Å². The summed E-state index contributed by atoms with van der Waals surface area (Å²) in [6.45, 7) is 3.81. The van der Waals surface area contributed by atoms with Crippen LogP contribution in [0.25, 0.3) is 10.8 Å². The molecular formula is C29H36N4O6S. The van der Waals surface area contributed by atoms with Crippen LogP contribution in [0.5, 0.6) is 5.75 Å². The molecule has 214 valence electrons. The quantitative estimate of drug-likeness (QED) is 0.400. The summed E-state index contributed by atoms with van der Waals surface area (Å²) in [7, 11) is -1.97. The third-order valence-electron chi connectivity index (χ3n) is 7.22. The van der Waals surface area contributed by atoms with Gasteiger partial charge in [-0.05, 0) is 36.6 Å². The minimum Gasteiger partial charge on any atom is -0.488 e. The summed E-state index contributed by atoms with van der Waals surface area (Å²) in [5.74, 6) is -0.00397. The Morgan fingerprint density at radius 2 is 1.88 bits per heavy atom. The smallest absolute Gasteiger partial charge is 0.323 e. The lowest BCUT2D eigenvalue weighted by atomic mass is 10.0. The zero-order valence-corrected chi connectivity index (χ0v) is 23.9. The predicted molar refractivity (Wildman–Crippen MR) is 156 cm³/mol. The maximum absolute atomic E-state index is 13.4. The van der Waals surface area contributed by atoms with Gasteiger partial charge in [0.05, 0.1) is 37.6 Å². The average molecular weight is 569 g/mol. The molecule has 1 aliphatic heterocycles. The van der Waals surface area contributed by atoms with Gasteiger partial charge < -0.3 is 25.4 Å². The van der Waals surface area contributed by atoms with Crippen molar-refractivity contribution in [2.75, 3.05) is 43.6 Å². The van der Waals surface area contributed by atoms with Crippen LogP contribution in [0.4, 0.5) is 16.2 Å². The summed E-state index contributed by atoms with van der Waals surface area (Å²) in [6.07, 6.45) is 0.555. The first-order valence-electron chi connectivity index (χ1n) is 13.1. The molecule has 0 aromatic heterocycles. The van der Waals surface area contributed by atoms with Crippen molar-refractivity contribution in [2.45, 2.75) is 32.4 Å². The molecule has 3 amide bonds. The average Bonchev–Trinajstić information content (AvgIpc) is 2.95. The van der Waals surface area contributed by atoms with Gasteiger partial charge in [-0.15, -0.1) is 0 Å². The minimum atomic E-state index is -3.46. The number of benzene rings is 3. The third-order valence-corrected chi connectivity index (χ3v) is 8.50. The Bertz CT molecular complexity index is 1490. The Morgan fingerprint density at radius 3 is 2.60 bits per heavy atom. The Balaban J connectivity index is 1.61. The molecule has 0 radical (unpaired) electrons. The van der Waals surface area contributed by atoms with E-state index in [9.17, 15) is 23.1 Å². The first-order valence-corrected chi connectivity index (χ1v) is 15.0. The van der Waals surface area contributed by atoms with E-state index in [1.54, 1.807) is 30.0 Å². The fourth-order valence-corrected chi connectivity index (χ4v) is 5.15. The van der Waals surface area contributed by atoms with Crippen molar-refractivity contribution in [1.82, 2.24) is 9.21 Å². The van der Waals surface area contributed by atoms with Crippen LogP contribution >= 0.6 is 0 Å². The van der Waals surface area contributed by atoms with Crippen molar-refractivity contribution in [2.24, 2.45) is 5.92 Å². The third kappa shape index (κ3) is 6.90. The SMILES string of the molecule is C[C@H](CO)N1C[C@H](C)[C@H](CN(C)S(C)(=O)=O)Oc2ccc(NC(=O)Nc3cccc4ccccc34)cc2CC1=O. The van der Waals surface area contributed by atoms with Crippen LogP contribution < -0.4 is 15.4 Å². The normalized spacial score (nSPS) is 18.8. The Labute approximate surface area is 235 Å². The van der Waals surface area contributed by atoms with E-state index in [1.807, 2.05) is 49.4 Å². The number of aliphatic hydroxyl groups excluding tert-OH is 1. The van der Waals surface area contributed by atoms with E-state index in [-0.39, 0.29) is 37.9 Å². The number of anilines is 2. The minimum absolute atomic E-state index is 0.0124. The van der Waals surface area contributed by atoms with E-state index >= 15 is 0 Å². The molecule has 40 heavy (non-hydrogen) atoms. The number of hydrogen-bond donors (Lipinski definition) is 3. The number of hydrogen-bond acceptors (Lipinski definition) is 6. The maximum Gasteiger partial charge on any atom is 0.323 e. The standard InChI is InChI=1S/C29H36N4O6S/c1-19-16-33(20(2)18-34)28(35)15-22-14-23(12-13-26(22)39-27(19)17-32(3)40(4,37)38)30-29(36)31-25-11-7-9-21-8-5-6-10-24(21)25/h5-14,19-20,27,34H,15-18H2,1-4H3,(H2,30,31,36)/t19-,20+,27-/m0/s1. The summed E-state index contributed by atoms with van der Waals surface area (Å²) >= 11 is 0. The number of aliphatic hydroxyl groups is 1. The van der Waals surface area contributed by atoms with Crippen LogP contribution in [0.3, 0.4) is 0 Å². The van der Waals surface area contributed by atoms with Gasteiger partial charge in [0.25, 0.3) is 0 Å². The highest BCUT2D eigenvalue weighted by Crippen LogP contribution is 2.30. The van der Waals surface area contributed by atoms with Gasteiger partial charge in [0.15, 0.2) is 0 Å². The summed E-state index contributed by atoms with van der Waals surface area (Å²) < 4.78 is 31.8. The van der Waals surface area contributed by atoms with E-state index in [0.717, 1.165) is 17.0 Å². The molecular weight excluding hydrogens is 532 g/mol. The van der Waals surface area contributed by atoms with Gasteiger partial charge in [-0.3, -0.25) is 4.79 Å². The summed E-state index contributed by atoms with van der Waals surface area (Å²) in [6, 6.07) is 17.6. The lowest BCUT2D eigenvalue weighted by molar-refractivity contribution is -0.134. The number of nitrogens with one attached hydrogen (secondary N) is 2. The topological polar surface area (TPSA) is 128 Å². The van der Waals surface area contributed by atoms with Crippen molar-refractivity contribution < 1.29 is 27.9 Å². The molecule has 3 atom stereocenters. The van der Waals surface area contributed by atoms with E-state index in [0.29, 0.717) is 22.7 Å². The largest absolute Gasteiger partial charge is 0.488 e. The highest BCUT2D eigenvalue weighted by molar-refractivity contribution is 7.88. The Hall–Kier alpha value is -3.67. The number of fused-ring (bicyclic) bond motifs is 2. The number of amides is 3. The number of ether oxygens (including phenoxy) is 1. The van der Waals surface area contributed by atoms with Crippen LogP contribution in [-0.2, 0) is 21.2 Å². The van der Waals surface area contributed by atoms with E-state index < -0.39 is 28.2 Å². The molecule has 0 bridgehead atoms. The van der Waals surface area contributed by atoms with Crippen molar-refractivity contribution in [3.05, 3.63) is 66.2 Å². The van der Waals surface area contributed by atoms with Crippen LogP contribution in [0.2, 0.25) is 0 Å². The zero-order valence-electron chi connectivity index (χ0n) is 23.1. The second kappa shape index (κ2) is 12.2. The molecule has 3 aromatic carbocycles. The van der Waals surface area contributed by atoms with Crippen molar-refractivity contribution in [3.8, 4) is 5.75 Å². The van der Waals surface area contributed by atoms with Crippen molar-refractivity contribution in [3.63, 3.8) is 0 Å². The fourth-order valence-electron chi connectivity index (χ4n) is 4.73. The molecule has 11 heteroatoms. The second-order valence-electron chi connectivity index (χ2n) is 10.4. The van der Waals surface area contributed by atoms with Gasteiger partial charge in [0, 0.05) is 36.1 Å². The highest BCUT2D eigenvalue weighted by atomic mass is 32.2. The van der Waals surface area contributed by atoms with Crippen molar-refractivity contribution in [1.29, 1.82) is 0 Å². The number of likely N-dealkylation sites (N-methyl/N-ethyl adjacent to an activating group) is 1. The number of rotatable bonds is 7. The Morgan fingerprint density at radius 1 is 1.15 bits per heavy atom. The van der Waals surface area contributed by atoms with Crippen LogP contribution in [0.1, 0.15) is 19.4 Å². The van der Waals surface area contributed by atoms with Crippen LogP contribution in [0, 0.1) is 5.92 Å². The van der Waals surface area contributed by atoms with Gasteiger partial charge in [0.1, 0.15) is 11.9 Å². The molecule has 0 unspecified atom stereocenters. The fraction of sp³-hybridized carbons (Fsp3) is 0.379. The number of carbonyl (C=O) groups is 2. The van der Waals surface area contributed by atoms with Crippen LogP contribution in [0.15, 0.2) is 60.7 Å². The highest BCUT2D eigenvalue weighted by Gasteiger charge is 2.32. The number of urea groups is 1. The second-order valence-corrected chi connectivity index (χ2v) is 12.4. The summed E-state index contributed by atoms with van der Waals surface area (Å²) in [5, 5.41) is 17.4. The molecule has 0 spiro atoms. The molecule has 0 saturated heterocycles. The number of sulfonamides is 1. The molecule has 1 aliphatic rings. The summed E-state index contributed by atoms with van der Waals surface area (Å²) in [4.78, 5) is 27.9. The maximum atomic E-state index is 13.4. The lowest BCUT2D eigenvalue weighted by Crippen LogP contribution is -2.48. The van der Waals surface area contributed by atoms with Crippen molar-refractivity contribution >= 4 is 44.1 Å². The first kappa shape index (κ1) is 29.3. The van der Waals surface area contributed by atoms with Gasteiger partial charge in [-0.2, -0.15) is 0 Å². The Kier molecular flexibility index (Phi) is 8.97. The first-order chi connectivity index (χ1) is 19.0. The van der Waals surface area contributed by atoms with Gasteiger partial charge in [-0.25, -0.2) is 17.5 Å². The molecule has 1 heterocycles. The number of nitrogens with zero attached hydrogens (tertiary/aromatic N) is 2. The summed E-state index contributed by atoms with van der Waals surface area (Å²) in [5.41, 5.74) is 1.67. The van der Waals surface area contributed by atoms with Crippen LogP contribution in [-0.4, -0.2) is 79.8 Å². The molecule has 0 fully saturated rings.